The molecule has 0 saturated carbocycles. The van der Waals surface area contributed by atoms with Crippen LogP contribution in [0.5, 0.6) is 0 Å². The Labute approximate surface area is 117 Å². The molecule has 1 aromatic carbocycles. The molecule has 1 aliphatic heterocycles. The number of nitrogens with two attached hydrogens (primary N) is 1. The van der Waals surface area contributed by atoms with Crippen LogP contribution in [0.1, 0.15) is 25.8 Å². The van der Waals surface area contributed by atoms with Gasteiger partial charge in [0.15, 0.2) is 0 Å². The van der Waals surface area contributed by atoms with Gasteiger partial charge in [-0.2, -0.15) is 0 Å². The van der Waals surface area contributed by atoms with Crippen LogP contribution in [0.2, 0.25) is 0 Å². The summed E-state index contributed by atoms with van der Waals surface area (Å²) in [5, 5.41) is 7.69. The van der Waals surface area contributed by atoms with E-state index in [9.17, 15) is 0 Å². The smallest absolute Gasteiger partial charge is 0.124 e. The van der Waals surface area contributed by atoms with Crippen LogP contribution in [-0.2, 0) is 0 Å². The number of anilines is 1. The molecule has 0 bridgehead atoms. The fraction of sp³-hybridized carbons (Fsp3) is 0.500. The van der Waals surface area contributed by atoms with Gasteiger partial charge in [0.2, 0.25) is 0 Å². The van der Waals surface area contributed by atoms with Gasteiger partial charge in [-0.3, -0.25) is 5.41 Å². The Bertz CT molecular complexity index is 458. The van der Waals surface area contributed by atoms with Crippen molar-refractivity contribution in [2.45, 2.75) is 20.3 Å². The molecule has 3 N–H and O–H groups in total. The van der Waals surface area contributed by atoms with Gasteiger partial charge in [-0.15, -0.1) is 0 Å². The van der Waals surface area contributed by atoms with Crippen molar-refractivity contribution in [3.8, 4) is 0 Å². The Hall–Kier alpha value is -1.03. The average molecular weight is 310 g/mol. The molecule has 0 amide bonds. The number of hydrogen-bond donors (Lipinski definition) is 2. The van der Waals surface area contributed by atoms with E-state index in [4.69, 9.17) is 11.1 Å². The normalized spacial score (nSPS) is 24.1. The van der Waals surface area contributed by atoms with Crippen molar-refractivity contribution in [3.63, 3.8) is 0 Å². The number of nitrogens with zero attached hydrogens (tertiary/aromatic N) is 1. The molecule has 0 aromatic heterocycles. The lowest BCUT2D eigenvalue weighted by atomic mass is 9.88. The van der Waals surface area contributed by atoms with E-state index < -0.39 is 0 Å². The Morgan fingerprint density at radius 1 is 1.39 bits per heavy atom. The standard InChI is InChI=1S/C14H20BrN3/c1-9-5-6-18(8-10(9)2)13-7-11(15)3-4-12(13)14(16)17/h3-4,7,9-10H,5-6,8H2,1-2H3,(H3,16,17). The second-order valence-electron chi connectivity index (χ2n) is 5.26. The number of amidine groups is 1. The summed E-state index contributed by atoms with van der Waals surface area (Å²) >= 11 is 3.50. The van der Waals surface area contributed by atoms with Gasteiger partial charge < -0.3 is 10.6 Å². The summed E-state index contributed by atoms with van der Waals surface area (Å²) in [6, 6.07) is 5.93. The third kappa shape index (κ3) is 2.69. The molecule has 1 aliphatic rings. The van der Waals surface area contributed by atoms with Crippen LogP contribution in [-0.4, -0.2) is 18.9 Å². The number of piperidine rings is 1. The maximum Gasteiger partial charge on any atom is 0.124 e. The van der Waals surface area contributed by atoms with Crippen molar-refractivity contribution in [1.29, 1.82) is 5.41 Å². The Morgan fingerprint density at radius 2 is 2.11 bits per heavy atom. The third-order valence-corrected chi connectivity index (χ3v) is 4.42. The summed E-state index contributed by atoms with van der Waals surface area (Å²) in [6.45, 7) is 6.69. The van der Waals surface area contributed by atoms with Crippen molar-refractivity contribution in [3.05, 3.63) is 28.2 Å². The summed E-state index contributed by atoms with van der Waals surface area (Å²) in [5.74, 6) is 1.59. The van der Waals surface area contributed by atoms with Crippen LogP contribution in [0.3, 0.4) is 0 Å². The molecule has 3 nitrogen and oxygen atoms in total. The summed E-state index contributed by atoms with van der Waals surface area (Å²) in [5.41, 5.74) is 7.59. The van der Waals surface area contributed by atoms with Gasteiger partial charge in [0.05, 0.1) is 0 Å². The zero-order chi connectivity index (χ0) is 13.3. The molecule has 1 heterocycles. The summed E-state index contributed by atoms with van der Waals surface area (Å²) in [7, 11) is 0. The molecule has 2 unspecified atom stereocenters. The zero-order valence-corrected chi connectivity index (χ0v) is 12.5. The first-order valence-electron chi connectivity index (χ1n) is 6.38. The first kappa shape index (κ1) is 13.4. The number of halogens is 1. The van der Waals surface area contributed by atoms with E-state index in [1.54, 1.807) is 0 Å². The highest BCUT2D eigenvalue weighted by Crippen LogP contribution is 2.31. The average Bonchev–Trinajstić information content (AvgIpc) is 2.32. The maximum absolute atomic E-state index is 7.69. The van der Waals surface area contributed by atoms with E-state index in [0.29, 0.717) is 5.92 Å². The molecular weight excluding hydrogens is 290 g/mol. The van der Waals surface area contributed by atoms with E-state index in [1.165, 1.54) is 6.42 Å². The van der Waals surface area contributed by atoms with E-state index >= 15 is 0 Å². The molecule has 18 heavy (non-hydrogen) atoms. The highest BCUT2D eigenvalue weighted by Gasteiger charge is 2.24. The Morgan fingerprint density at radius 3 is 2.72 bits per heavy atom. The van der Waals surface area contributed by atoms with Crippen molar-refractivity contribution in [2.24, 2.45) is 17.6 Å². The van der Waals surface area contributed by atoms with Crippen LogP contribution < -0.4 is 10.6 Å². The van der Waals surface area contributed by atoms with Crippen LogP contribution >= 0.6 is 15.9 Å². The van der Waals surface area contributed by atoms with E-state index in [1.807, 2.05) is 12.1 Å². The predicted octanol–water partition coefficient (Wildman–Crippen LogP) is 3.22. The molecule has 1 saturated heterocycles. The fourth-order valence-electron chi connectivity index (χ4n) is 2.48. The third-order valence-electron chi connectivity index (χ3n) is 3.92. The molecule has 1 aromatic rings. The van der Waals surface area contributed by atoms with Crippen molar-refractivity contribution >= 4 is 27.5 Å². The molecule has 2 atom stereocenters. The van der Waals surface area contributed by atoms with Gasteiger partial charge in [0.1, 0.15) is 5.84 Å². The SMILES string of the molecule is CC1CCN(c2cc(Br)ccc2C(=N)N)CC1C. The first-order chi connectivity index (χ1) is 8.49. The second-order valence-corrected chi connectivity index (χ2v) is 6.18. The minimum Gasteiger partial charge on any atom is -0.384 e. The van der Waals surface area contributed by atoms with Crippen LogP contribution in [0.25, 0.3) is 0 Å². The molecule has 98 valence electrons. The highest BCUT2D eigenvalue weighted by atomic mass is 79.9. The number of hydrogen-bond acceptors (Lipinski definition) is 2. The minimum absolute atomic E-state index is 0.142. The monoisotopic (exact) mass is 309 g/mol. The molecule has 4 heteroatoms. The Balaban J connectivity index is 2.32. The lowest BCUT2D eigenvalue weighted by Crippen LogP contribution is -2.39. The van der Waals surface area contributed by atoms with Crippen LogP contribution in [0.4, 0.5) is 5.69 Å². The van der Waals surface area contributed by atoms with Crippen molar-refractivity contribution in [2.75, 3.05) is 18.0 Å². The number of rotatable bonds is 2. The highest BCUT2D eigenvalue weighted by molar-refractivity contribution is 9.10. The summed E-state index contributed by atoms with van der Waals surface area (Å²) in [4.78, 5) is 2.35. The molecule has 1 fully saturated rings. The van der Waals surface area contributed by atoms with Crippen molar-refractivity contribution in [1.82, 2.24) is 0 Å². The van der Waals surface area contributed by atoms with Crippen LogP contribution in [0, 0.1) is 17.2 Å². The van der Waals surface area contributed by atoms with Gasteiger partial charge in [-0.05, 0) is 36.5 Å². The summed E-state index contributed by atoms with van der Waals surface area (Å²) < 4.78 is 1.04. The first-order valence-corrected chi connectivity index (χ1v) is 7.17. The van der Waals surface area contributed by atoms with Gasteiger partial charge in [0, 0.05) is 28.8 Å². The Kier molecular flexibility index (Phi) is 3.95. The number of nitrogens with one attached hydrogen (secondary N) is 1. The minimum atomic E-state index is 0.142. The lowest BCUT2D eigenvalue weighted by Gasteiger charge is -2.37. The molecule has 0 spiro atoms. The van der Waals surface area contributed by atoms with Crippen molar-refractivity contribution < 1.29 is 0 Å². The van der Waals surface area contributed by atoms with Gasteiger partial charge in [-0.1, -0.05) is 29.8 Å². The molecule has 2 rings (SSSR count). The maximum atomic E-state index is 7.69. The van der Waals surface area contributed by atoms with Gasteiger partial charge >= 0.3 is 0 Å². The predicted molar refractivity (Wildman–Crippen MR) is 80.3 cm³/mol. The molecular formula is C14H20BrN3. The second kappa shape index (κ2) is 5.31. The summed E-state index contributed by atoms with van der Waals surface area (Å²) in [6.07, 6.45) is 1.20. The quantitative estimate of drug-likeness (QED) is 0.651. The van der Waals surface area contributed by atoms with E-state index in [-0.39, 0.29) is 5.84 Å². The van der Waals surface area contributed by atoms with Gasteiger partial charge in [0.25, 0.3) is 0 Å². The van der Waals surface area contributed by atoms with Gasteiger partial charge in [-0.25, -0.2) is 0 Å². The number of nitrogen functional groups attached to an aromatic ring is 1. The lowest BCUT2D eigenvalue weighted by molar-refractivity contribution is 0.324. The largest absolute Gasteiger partial charge is 0.384 e. The molecule has 0 radical (unpaired) electrons. The molecule has 0 aliphatic carbocycles. The van der Waals surface area contributed by atoms with E-state index in [2.05, 4.69) is 40.7 Å². The van der Waals surface area contributed by atoms with Crippen LogP contribution in [0.15, 0.2) is 22.7 Å². The number of benzene rings is 1. The fourth-order valence-corrected chi connectivity index (χ4v) is 2.82. The van der Waals surface area contributed by atoms with E-state index in [0.717, 1.165) is 34.7 Å². The topological polar surface area (TPSA) is 53.1 Å². The zero-order valence-electron chi connectivity index (χ0n) is 10.9.